The Morgan fingerprint density at radius 3 is 1.95 bits per heavy atom. The third kappa shape index (κ3) is 5.25. The zero-order valence-electron chi connectivity index (χ0n) is 22.8. The van der Waals surface area contributed by atoms with Crippen LogP contribution in [-0.2, 0) is 4.79 Å². The smallest absolute Gasteiger partial charge is 0.323 e. The van der Waals surface area contributed by atoms with Gasteiger partial charge in [-0.1, -0.05) is 66.7 Å². The molecule has 0 saturated carbocycles. The third-order valence-corrected chi connectivity index (χ3v) is 6.93. The molecule has 0 aliphatic carbocycles. The van der Waals surface area contributed by atoms with E-state index in [4.69, 9.17) is 29.4 Å². The number of carbonyl (C=O) groups is 1. The molecule has 5 rings (SSSR count). The highest BCUT2D eigenvalue weighted by Crippen LogP contribution is 2.47. The molecule has 0 radical (unpaired) electrons. The van der Waals surface area contributed by atoms with Gasteiger partial charge in [0.2, 0.25) is 11.6 Å². The van der Waals surface area contributed by atoms with E-state index in [-0.39, 0.29) is 17.2 Å². The summed E-state index contributed by atoms with van der Waals surface area (Å²) in [6, 6.07) is 29.7. The van der Waals surface area contributed by atoms with Crippen LogP contribution in [0.3, 0.4) is 0 Å². The summed E-state index contributed by atoms with van der Waals surface area (Å²) < 4.78 is 28.3. The van der Waals surface area contributed by atoms with Gasteiger partial charge < -0.3 is 29.4 Å². The highest BCUT2D eigenvalue weighted by Gasteiger charge is 2.33. The van der Waals surface area contributed by atoms with Crippen LogP contribution >= 0.6 is 0 Å². The van der Waals surface area contributed by atoms with E-state index in [0.717, 1.165) is 11.1 Å². The second kappa shape index (κ2) is 11.8. The molecule has 0 spiro atoms. The molecular weight excluding hydrogens is 520 g/mol. The molecule has 0 bridgehead atoms. The van der Waals surface area contributed by atoms with Crippen LogP contribution in [0.1, 0.15) is 34.1 Å². The Kier molecular flexibility index (Phi) is 7.79. The molecule has 0 amide bonds. The largest absolute Gasteiger partial charge is 0.493 e. The van der Waals surface area contributed by atoms with Crippen molar-refractivity contribution < 1.29 is 28.5 Å². The summed E-state index contributed by atoms with van der Waals surface area (Å²) in [5.41, 5.74) is 9.41. The maximum absolute atomic E-state index is 13.6. The van der Waals surface area contributed by atoms with Gasteiger partial charge in [0.25, 0.3) is 0 Å². The number of fused-ring (bicyclic) bond motifs is 1. The van der Waals surface area contributed by atoms with E-state index in [1.165, 1.54) is 21.3 Å². The topological polar surface area (TPSA) is 113 Å². The van der Waals surface area contributed by atoms with Gasteiger partial charge in [0.1, 0.15) is 29.1 Å². The Bertz CT molecular complexity index is 1580. The fourth-order valence-electron chi connectivity index (χ4n) is 5.04. The molecular formula is C33H28N2O6. The van der Waals surface area contributed by atoms with Gasteiger partial charge >= 0.3 is 5.97 Å². The molecule has 0 fully saturated rings. The van der Waals surface area contributed by atoms with Crippen LogP contribution in [0.2, 0.25) is 0 Å². The summed E-state index contributed by atoms with van der Waals surface area (Å²) >= 11 is 0. The average Bonchev–Trinajstić information content (AvgIpc) is 3.00. The summed E-state index contributed by atoms with van der Waals surface area (Å²) in [6.45, 7) is 0. The van der Waals surface area contributed by atoms with Gasteiger partial charge in [-0.3, -0.25) is 4.79 Å². The maximum Gasteiger partial charge on any atom is 0.323 e. The van der Waals surface area contributed by atoms with E-state index in [0.29, 0.717) is 34.1 Å². The average molecular weight is 549 g/mol. The van der Waals surface area contributed by atoms with Crippen molar-refractivity contribution in [3.8, 4) is 34.8 Å². The molecule has 41 heavy (non-hydrogen) atoms. The van der Waals surface area contributed by atoms with Crippen molar-refractivity contribution in [1.82, 2.24) is 0 Å². The number of nitrogens with zero attached hydrogens (tertiary/aromatic N) is 1. The van der Waals surface area contributed by atoms with Crippen molar-refractivity contribution in [1.29, 1.82) is 5.26 Å². The first kappa shape index (κ1) is 27.2. The Labute approximate surface area is 238 Å². The lowest BCUT2D eigenvalue weighted by Crippen LogP contribution is -2.22. The highest BCUT2D eigenvalue weighted by atomic mass is 16.5. The Hall–Kier alpha value is -5.42. The second-order valence-corrected chi connectivity index (χ2v) is 9.26. The normalized spacial score (nSPS) is 14.0. The van der Waals surface area contributed by atoms with Gasteiger partial charge in [-0.05, 0) is 34.9 Å². The molecule has 8 heteroatoms. The van der Waals surface area contributed by atoms with E-state index < -0.39 is 17.8 Å². The molecule has 2 N–H and O–H groups in total. The number of ether oxygens (including phenoxy) is 5. The Morgan fingerprint density at radius 1 is 0.854 bits per heavy atom. The van der Waals surface area contributed by atoms with Crippen LogP contribution < -0.4 is 29.4 Å². The number of benzene rings is 4. The van der Waals surface area contributed by atoms with Crippen LogP contribution in [0.5, 0.6) is 28.7 Å². The summed E-state index contributed by atoms with van der Waals surface area (Å²) in [7, 11) is 4.56. The van der Waals surface area contributed by atoms with Crippen LogP contribution in [0, 0.1) is 11.3 Å². The van der Waals surface area contributed by atoms with Crippen molar-refractivity contribution in [3.05, 3.63) is 125 Å². The number of hydrogen-bond donors (Lipinski definition) is 1. The quantitative estimate of drug-likeness (QED) is 0.221. The van der Waals surface area contributed by atoms with Gasteiger partial charge in [0, 0.05) is 11.6 Å². The summed E-state index contributed by atoms with van der Waals surface area (Å²) in [5, 5.41) is 10.00. The lowest BCUT2D eigenvalue weighted by molar-refractivity contribution is -0.135. The number of rotatable bonds is 8. The van der Waals surface area contributed by atoms with E-state index in [1.807, 2.05) is 60.7 Å². The maximum atomic E-state index is 13.6. The van der Waals surface area contributed by atoms with Crippen molar-refractivity contribution >= 4 is 5.97 Å². The molecule has 4 aromatic rings. The summed E-state index contributed by atoms with van der Waals surface area (Å²) in [6.07, 6.45) is 0. The molecule has 0 aromatic heterocycles. The number of methoxy groups -OCH3 is 3. The van der Waals surface area contributed by atoms with Crippen LogP contribution in [-0.4, -0.2) is 27.3 Å². The molecule has 1 atom stereocenters. The summed E-state index contributed by atoms with van der Waals surface area (Å²) in [4.78, 5) is 13.6. The van der Waals surface area contributed by atoms with Crippen LogP contribution in [0.25, 0.3) is 0 Å². The predicted molar refractivity (Wildman–Crippen MR) is 152 cm³/mol. The van der Waals surface area contributed by atoms with Crippen molar-refractivity contribution in [2.75, 3.05) is 21.3 Å². The van der Waals surface area contributed by atoms with Crippen molar-refractivity contribution in [2.24, 2.45) is 5.73 Å². The molecule has 4 aromatic carbocycles. The molecule has 0 saturated heterocycles. The minimum absolute atomic E-state index is 0.0475. The van der Waals surface area contributed by atoms with Crippen molar-refractivity contribution in [2.45, 2.75) is 11.8 Å². The van der Waals surface area contributed by atoms with Crippen molar-refractivity contribution in [3.63, 3.8) is 0 Å². The standard InChI is InChI=1S/C33H28N2O6/c1-37-27-16-22(17-28(38-2)31(27)39-3)30-24-15-14-23(18-26(24)41-32(35)25(30)19-34)40-33(36)29(20-10-6-4-7-11-20)21-12-8-5-9-13-21/h4-18,29-30H,35H2,1-3H3. The molecule has 8 nitrogen and oxygen atoms in total. The van der Waals surface area contributed by atoms with E-state index in [1.54, 1.807) is 30.3 Å². The van der Waals surface area contributed by atoms with E-state index in [9.17, 15) is 10.1 Å². The minimum Gasteiger partial charge on any atom is -0.493 e. The zero-order chi connectivity index (χ0) is 28.9. The number of nitriles is 1. The monoisotopic (exact) mass is 548 g/mol. The second-order valence-electron chi connectivity index (χ2n) is 9.26. The van der Waals surface area contributed by atoms with Gasteiger partial charge in [-0.2, -0.15) is 5.26 Å². The lowest BCUT2D eigenvalue weighted by Gasteiger charge is -2.27. The highest BCUT2D eigenvalue weighted by molar-refractivity contribution is 5.84. The fraction of sp³-hybridized carbons (Fsp3) is 0.152. The van der Waals surface area contributed by atoms with Crippen LogP contribution in [0.4, 0.5) is 0 Å². The number of allylic oxidation sites excluding steroid dienone is 1. The Balaban J connectivity index is 1.53. The van der Waals surface area contributed by atoms with Gasteiger partial charge in [-0.25, -0.2) is 0 Å². The third-order valence-electron chi connectivity index (χ3n) is 6.93. The van der Waals surface area contributed by atoms with E-state index >= 15 is 0 Å². The Morgan fingerprint density at radius 2 is 1.44 bits per heavy atom. The minimum atomic E-state index is -0.628. The lowest BCUT2D eigenvalue weighted by atomic mass is 9.83. The molecule has 206 valence electrons. The number of nitrogens with two attached hydrogens (primary N) is 1. The van der Waals surface area contributed by atoms with Gasteiger partial charge in [0.15, 0.2) is 11.5 Å². The molecule has 1 heterocycles. The molecule has 1 unspecified atom stereocenters. The number of hydrogen-bond acceptors (Lipinski definition) is 8. The number of esters is 1. The predicted octanol–water partition coefficient (Wildman–Crippen LogP) is 5.67. The zero-order valence-corrected chi connectivity index (χ0v) is 22.8. The molecule has 1 aliphatic rings. The first-order chi connectivity index (χ1) is 20.0. The van der Waals surface area contributed by atoms with Crippen LogP contribution in [0.15, 0.2) is 102 Å². The SMILES string of the molecule is COc1cc(C2C(C#N)=C(N)Oc3cc(OC(=O)C(c4ccccc4)c4ccccc4)ccc32)cc(OC)c1OC. The molecule has 1 aliphatic heterocycles. The fourth-order valence-corrected chi connectivity index (χ4v) is 5.04. The number of carbonyl (C=O) groups excluding carboxylic acids is 1. The first-order valence-electron chi connectivity index (χ1n) is 12.8. The summed E-state index contributed by atoms with van der Waals surface area (Å²) in [5.74, 6) is 0.224. The van der Waals surface area contributed by atoms with E-state index in [2.05, 4.69) is 6.07 Å². The van der Waals surface area contributed by atoms with Gasteiger partial charge in [0.05, 0.1) is 27.2 Å². The first-order valence-corrected chi connectivity index (χ1v) is 12.8. The van der Waals surface area contributed by atoms with Gasteiger partial charge in [-0.15, -0.1) is 0 Å².